The van der Waals surface area contributed by atoms with E-state index in [1.807, 2.05) is 0 Å². The van der Waals surface area contributed by atoms with Crippen LogP contribution in [-0.2, 0) is 28.5 Å². The monoisotopic (exact) mass is 702 g/mol. The molecule has 0 aliphatic carbocycles. The number of esters is 2. The summed E-state index contributed by atoms with van der Waals surface area (Å²) < 4.78 is 32.0. The zero-order chi connectivity index (χ0) is 36.6. The minimum absolute atomic E-state index is 0.00223. The maximum atomic E-state index is 11.8. The molecule has 0 bridgehead atoms. The molecule has 0 saturated heterocycles. The van der Waals surface area contributed by atoms with Crippen LogP contribution in [0.3, 0.4) is 0 Å². The van der Waals surface area contributed by atoms with E-state index in [4.69, 9.17) is 38.9 Å². The van der Waals surface area contributed by atoms with Crippen LogP contribution in [0.15, 0.2) is 130 Å². The molecule has 0 unspecified atom stereocenters. The number of carbonyl (C=O) groups is 2. The van der Waals surface area contributed by atoms with Crippen LogP contribution in [-0.4, -0.2) is 64.8 Å². The van der Waals surface area contributed by atoms with Crippen molar-refractivity contribution in [3.05, 3.63) is 120 Å². The Hall–Kier alpha value is -6.74. The Morgan fingerprint density at radius 1 is 0.462 bits per heavy atom. The molecule has 0 aliphatic heterocycles. The first-order chi connectivity index (χ1) is 25.5. The number of ether oxygens (including phenoxy) is 6. The third-order valence-electron chi connectivity index (χ3n) is 6.52. The topological polar surface area (TPSA) is 187 Å². The third kappa shape index (κ3) is 14.8. The summed E-state index contributed by atoms with van der Waals surface area (Å²) >= 11 is 0. The number of azo groups is 2. The molecule has 0 spiro atoms. The molecular weight excluding hydrogens is 668 g/mol. The quantitative estimate of drug-likeness (QED) is 0.0389. The molecule has 14 heteroatoms. The zero-order valence-electron chi connectivity index (χ0n) is 28.0. The van der Waals surface area contributed by atoms with Crippen molar-refractivity contribution in [1.82, 2.24) is 0 Å². The van der Waals surface area contributed by atoms with Gasteiger partial charge in [0, 0.05) is 12.2 Å². The summed E-state index contributed by atoms with van der Waals surface area (Å²) in [7, 11) is 0. The van der Waals surface area contributed by atoms with E-state index < -0.39 is 11.9 Å². The van der Waals surface area contributed by atoms with E-state index in [2.05, 4.69) is 32.6 Å². The van der Waals surface area contributed by atoms with E-state index in [0.29, 0.717) is 45.4 Å². The number of hydrogen-bond acceptors (Lipinski definition) is 14. The van der Waals surface area contributed by atoms with Gasteiger partial charge in [0.15, 0.2) is 0 Å². The van der Waals surface area contributed by atoms with E-state index in [9.17, 15) is 9.59 Å². The molecule has 52 heavy (non-hydrogen) atoms. The highest BCUT2D eigenvalue weighted by Gasteiger charge is 2.03. The maximum absolute atomic E-state index is 11.8. The van der Waals surface area contributed by atoms with Crippen molar-refractivity contribution in [2.45, 2.75) is 0 Å². The first-order valence-electron chi connectivity index (χ1n) is 16.0. The van der Waals surface area contributed by atoms with Gasteiger partial charge in [-0.15, -0.1) is 0 Å². The Kier molecular flexibility index (Phi) is 16.2. The van der Waals surface area contributed by atoms with Gasteiger partial charge < -0.3 is 28.4 Å². The second kappa shape index (κ2) is 22.1. The Labute approximate surface area is 300 Å². The molecule has 4 aromatic rings. The molecule has 14 nitrogen and oxygen atoms in total. The molecule has 0 saturated carbocycles. The Morgan fingerprint density at radius 2 is 0.769 bits per heavy atom. The van der Waals surface area contributed by atoms with Crippen molar-refractivity contribution in [2.75, 3.05) is 52.9 Å². The molecule has 0 radical (unpaired) electrons. The van der Waals surface area contributed by atoms with Gasteiger partial charge in [-0.2, -0.15) is 31.0 Å². The van der Waals surface area contributed by atoms with E-state index in [1.165, 1.54) is 0 Å². The van der Waals surface area contributed by atoms with Gasteiger partial charge in [-0.05, 0) is 97.1 Å². The fourth-order valence-corrected chi connectivity index (χ4v) is 3.93. The van der Waals surface area contributed by atoms with E-state index in [0.717, 1.165) is 12.2 Å². The molecule has 4 aromatic carbocycles. The van der Waals surface area contributed by atoms with Crippen LogP contribution in [0.25, 0.3) is 0 Å². The van der Waals surface area contributed by atoms with Gasteiger partial charge in [-0.3, -0.25) is 0 Å². The fraction of sp³-hybridized carbons (Fsp3) is 0.211. The lowest BCUT2D eigenvalue weighted by molar-refractivity contribution is -0.142. The van der Waals surface area contributed by atoms with Crippen LogP contribution >= 0.6 is 0 Å². The Balaban J connectivity index is 0.960. The van der Waals surface area contributed by atoms with Crippen LogP contribution in [0.5, 0.6) is 11.5 Å². The molecule has 0 aromatic heterocycles. The van der Waals surface area contributed by atoms with Crippen molar-refractivity contribution in [3.8, 4) is 23.6 Å². The predicted octanol–water partition coefficient (Wildman–Crippen LogP) is 7.39. The number of hydrogen-bond donors (Lipinski definition) is 0. The Morgan fingerprint density at radius 3 is 1.10 bits per heavy atom. The van der Waals surface area contributed by atoms with Crippen molar-refractivity contribution in [2.24, 2.45) is 20.5 Å². The smallest absolute Gasteiger partial charge is 0.331 e. The summed E-state index contributed by atoms with van der Waals surface area (Å²) in [5.41, 5.74) is 3.68. The SMILES string of the molecule is N#Cc1ccc(N=Nc2ccc(OCCOCCOC(=O)/C=C\C(=O)OCCOCCOc3ccc(N=Nc4ccc(C#N)cc4)cc3)cc2)cc1. The van der Waals surface area contributed by atoms with Gasteiger partial charge in [-0.1, -0.05) is 0 Å². The first kappa shape index (κ1) is 38.1. The molecule has 0 atom stereocenters. The van der Waals surface area contributed by atoms with Crippen LogP contribution in [0, 0.1) is 22.7 Å². The number of benzene rings is 4. The molecular formula is C38H34N6O8. The second-order valence-corrected chi connectivity index (χ2v) is 10.3. The van der Waals surface area contributed by atoms with Crippen LogP contribution in [0.4, 0.5) is 22.7 Å². The minimum Gasteiger partial charge on any atom is -0.491 e. The molecule has 264 valence electrons. The highest BCUT2D eigenvalue weighted by atomic mass is 16.6. The lowest BCUT2D eigenvalue weighted by Gasteiger charge is -2.08. The summed E-state index contributed by atoms with van der Waals surface area (Å²) in [6, 6.07) is 31.8. The number of rotatable bonds is 20. The number of nitrogens with zero attached hydrogens (tertiary/aromatic N) is 6. The molecule has 0 amide bonds. The van der Waals surface area contributed by atoms with Gasteiger partial charge in [0.1, 0.15) is 37.9 Å². The molecule has 0 fully saturated rings. The number of carbonyl (C=O) groups excluding carboxylic acids is 2. The Bertz CT molecular complexity index is 1740. The lowest BCUT2D eigenvalue weighted by Crippen LogP contribution is -2.14. The van der Waals surface area contributed by atoms with Gasteiger partial charge in [0.2, 0.25) is 0 Å². The van der Waals surface area contributed by atoms with Crippen molar-refractivity contribution >= 4 is 34.7 Å². The standard InChI is InChI=1S/C38H34N6O8/c39-27-29-1-5-31(6-2-29)41-43-33-9-13-35(14-10-33)49-23-19-47-21-25-51-37(45)17-18-38(46)52-26-22-48-20-24-50-36-15-11-34(12-16-36)44-42-32-7-3-30(28-40)4-8-32/h1-18H,19-26H2/b18-17-,43-41?,44-42?. The summed E-state index contributed by atoms with van der Waals surface area (Å²) in [4.78, 5) is 23.6. The summed E-state index contributed by atoms with van der Waals surface area (Å²) in [5, 5.41) is 34.3. The van der Waals surface area contributed by atoms with Gasteiger partial charge in [0.05, 0.1) is 72.4 Å². The zero-order valence-corrected chi connectivity index (χ0v) is 28.0. The first-order valence-corrected chi connectivity index (χ1v) is 16.0. The van der Waals surface area contributed by atoms with E-state index >= 15 is 0 Å². The minimum atomic E-state index is -0.705. The summed E-state index contributed by atoms with van der Waals surface area (Å²) in [5.74, 6) is -0.148. The largest absolute Gasteiger partial charge is 0.491 e. The molecule has 4 rings (SSSR count). The van der Waals surface area contributed by atoms with Gasteiger partial charge >= 0.3 is 11.9 Å². The van der Waals surface area contributed by atoms with Gasteiger partial charge in [0.25, 0.3) is 0 Å². The van der Waals surface area contributed by atoms with Crippen molar-refractivity contribution in [1.29, 1.82) is 10.5 Å². The van der Waals surface area contributed by atoms with Crippen molar-refractivity contribution < 1.29 is 38.0 Å². The summed E-state index contributed by atoms with van der Waals surface area (Å²) in [6.45, 7) is 1.44. The lowest BCUT2D eigenvalue weighted by atomic mass is 10.2. The van der Waals surface area contributed by atoms with Gasteiger partial charge in [-0.25, -0.2) is 9.59 Å². The fourth-order valence-electron chi connectivity index (χ4n) is 3.93. The molecule has 0 heterocycles. The van der Waals surface area contributed by atoms with E-state index in [1.54, 1.807) is 97.1 Å². The highest BCUT2D eigenvalue weighted by Crippen LogP contribution is 2.23. The second-order valence-electron chi connectivity index (χ2n) is 10.3. The highest BCUT2D eigenvalue weighted by molar-refractivity contribution is 5.91. The van der Waals surface area contributed by atoms with Crippen LogP contribution in [0.2, 0.25) is 0 Å². The average Bonchev–Trinajstić information content (AvgIpc) is 3.19. The van der Waals surface area contributed by atoms with E-state index in [-0.39, 0.29) is 52.9 Å². The van der Waals surface area contributed by atoms with Crippen LogP contribution < -0.4 is 9.47 Å². The average molecular weight is 703 g/mol. The predicted molar refractivity (Wildman–Crippen MR) is 187 cm³/mol. The summed E-state index contributed by atoms with van der Waals surface area (Å²) in [6.07, 6.45) is 1.96. The molecule has 0 N–H and O–H groups in total. The number of nitriles is 2. The van der Waals surface area contributed by atoms with Crippen molar-refractivity contribution in [3.63, 3.8) is 0 Å². The normalized spacial score (nSPS) is 11.0. The third-order valence-corrected chi connectivity index (χ3v) is 6.52. The van der Waals surface area contributed by atoms with Crippen LogP contribution in [0.1, 0.15) is 11.1 Å². The molecule has 0 aliphatic rings. The maximum Gasteiger partial charge on any atom is 0.331 e.